The number of rotatable bonds is 5. The molecule has 0 spiro atoms. The van der Waals surface area contributed by atoms with Gasteiger partial charge in [-0.15, -0.1) is 0 Å². The zero-order valence-electron chi connectivity index (χ0n) is 9.79. The molecule has 1 rings (SSSR count). The van der Waals surface area contributed by atoms with Gasteiger partial charge in [0.2, 0.25) is 0 Å². The Balaban J connectivity index is 2.52. The first-order valence-corrected chi connectivity index (χ1v) is 6.79. The Bertz CT molecular complexity index is 348. The lowest BCUT2D eigenvalue weighted by atomic mass is 10.0. The van der Waals surface area contributed by atoms with Crippen LogP contribution in [-0.2, 0) is 0 Å². The molecule has 0 radical (unpaired) electrons. The highest BCUT2D eigenvalue weighted by Gasteiger charge is 2.08. The maximum absolute atomic E-state index is 11.8. The Kier molecular flexibility index (Phi) is 5.80. The zero-order chi connectivity index (χ0) is 12.0. The van der Waals surface area contributed by atoms with E-state index in [2.05, 4.69) is 41.8 Å². The molecule has 1 aromatic carbocycles. The van der Waals surface area contributed by atoms with Crippen molar-refractivity contribution in [2.24, 2.45) is 5.92 Å². The molecule has 0 unspecified atom stereocenters. The first kappa shape index (κ1) is 13.5. The van der Waals surface area contributed by atoms with Crippen molar-refractivity contribution in [1.29, 1.82) is 0 Å². The summed E-state index contributed by atoms with van der Waals surface area (Å²) >= 11 is 2.22. The summed E-state index contributed by atoms with van der Waals surface area (Å²) in [6.07, 6.45) is 2.23. The Morgan fingerprint density at radius 1 is 1.38 bits per heavy atom. The normalized spacial score (nSPS) is 10.5. The lowest BCUT2D eigenvalue weighted by molar-refractivity contribution is 0.0946. The zero-order valence-corrected chi connectivity index (χ0v) is 12.0. The number of amides is 1. The Morgan fingerprint density at radius 2 is 2.06 bits per heavy atom. The van der Waals surface area contributed by atoms with E-state index in [9.17, 15) is 4.79 Å². The first-order valence-electron chi connectivity index (χ1n) is 5.71. The van der Waals surface area contributed by atoms with Crippen molar-refractivity contribution >= 4 is 28.5 Å². The molecular formula is C13H18INO. The van der Waals surface area contributed by atoms with E-state index in [0.29, 0.717) is 5.92 Å². The van der Waals surface area contributed by atoms with Gasteiger partial charge in [-0.3, -0.25) is 4.79 Å². The minimum atomic E-state index is 0.0328. The summed E-state index contributed by atoms with van der Waals surface area (Å²) in [6, 6.07) is 7.65. The summed E-state index contributed by atoms with van der Waals surface area (Å²) in [5, 5.41) is 2.99. The van der Waals surface area contributed by atoms with Gasteiger partial charge in [-0.2, -0.15) is 0 Å². The molecule has 1 N–H and O–H groups in total. The third-order valence-corrected chi connectivity index (χ3v) is 3.46. The molecule has 0 atom stereocenters. The van der Waals surface area contributed by atoms with Crippen LogP contribution in [-0.4, -0.2) is 12.5 Å². The number of hydrogen-bond acceptors (Lipinski definition) is 1. The van der Waals surface area contributed by atoms with Crippen LogP contribution in [0, 0.1) is 9.49 Å². The third-order valence-electron chi connectivity index (χ3n) is 2.79. The van der Waals surface area contributed by atoms with Crippen LogP contribution in [0.1, 0.15) is 37.0 Å². The standard InChI is InChI=1S/C13H18INO/c1-3-10(4-2)9-15-13(16)11-6-5-7-12(14)8-11/h5-8,10H,3-4,9H2,1-2H3,(H,15,16). The number of halogens is 1. The summed E-state index contributed by atoms with van der Waals surface area (Å²) in [5.41, 5.74) is 0.748. The topological polar surface area (TPSA) is 29.1 Å². The number of benzene rings is 1. The molecule has 0 aromatic heterocycles. The number of hydrogen-bond donors (Lipinski definition) is 1. The highest BCUT2D eigenvalue weighted by atomic mass is 127. The average molecular weight is 331 g/mol. The summed E-state index contributed by atoms with van der Waals surface area (Å²) in [5.74, 6) is 0.622. The van der Waals surface area contributed by atoms with Crippen molar-refractivity contribution in [1.82, 2.24) is 5.32 Å². The van der Waals surface area contributed by atoms with E-state index in [1.165, 1.54) is 0 Å². The van der Waals surface area contributed by atoms with Gasteiger partial charge in [-0.1, -0.05) is 32.8 Å². The Labute approximate surface area is 111 Å². The maximum atomic E-state index is 11.8. The molecule has 0 fully saturated rings. The van der Waals surface area contributed by atoms with Crippen LogP contribution >= 0.6 is 22.6 Å². The van der Waals surface area contributed by atoms with E-state index in [1.54, 1.807) is 0 Å². The first-order chi connectivity index (χ1) is 7.67. The fourth-order valence-corrected chi connectivity index (χ4v) is 2.09. The molecule has 0 aliphatic carbocycles. The van der Waals surface area contributed by atoms with E-state index < -0.39 is 0 Å². The summed E-state index contributed by atoms with van der Waals surface area (Å²) in [7, 11) is 0. The molecule has 0 aliphatic rings. The fourth-order valence-electron chi connectivity index (χ4n) is 1.55. The van der Waals surface area contributed by atoms with Crippen LogP contribution < -0.4 is 5.32 Å². The molecule has 0 aliphatic heterocycles. The third kappa shape index (κ3) is 4.12. The second-order valence-electron chi connectivity index (χ2n) is 3.90. The van der Waals surface area contributed by atoms with Gasteiger partial charge in [0.1, 0.15) is 0 Å². The highest BCUT2D eigenvalue weighted by Crippen LogP contribution is 2.09. The predicted molar refractivity (Wildman–Crippen MR) is 75.6 cm³/mol. The van der Waals surface area contributed by atoms with Gasteiger partial charge in [0.25, 0.3) is 5.91 Å². The van der Waals surface area contributed by atoms with Crippen LogP contribution in [0.2, 0.25) is 0 Å². The Hall–Kier alpha value is -0.580. The van der Waals surface area contributed by atoms with Crippen molar-refractivity contribution in [3.63, 3.8) is 0 Å². The molecule has 2 nitrogen and oxygen atoms in total. The molecule has 0 saturated carbocycles. The minimum absolute atomic E-state index is 0.0328. The van der Waals surface area contributed by atoms with Gasteiger partial charge >= 0.3 is 0 Å². The summed E-state index contributed by atoms with van der Waals surface area (Å²) in [4.78, 5) is 11.8. The van der Waals surface area contributed by atoms with Gasteiger partial charge in [-0.25, -0.2) is 0 Å². The van der Waals surface area contributed by atoms with Crippen molar-refractivity contribution in [3.8, 4) is 0 Å². The van der Waals surface area contributed by atoms with Crippen LogP contribution in [0.3, 0.4) is 0 Å². The molecule has 0 bridgehead atoms. The highest BCUT2D eigenvalue weighted by molar-refractivity contribution is 14.1. The largest absolute Gasteiger partial charge is 0.352 e. The SMILES string of the molecule is CCC(CC)CNC(=O)c1cccc(I)c1. The molecule has 16 heavy (non-hydrogen) atoms. The fraction of sp³-hybridized carbons (Fsp3) is 0.462. The van der Waals surface area contributed by atoms with Gasteiger partial charge in [0.15, 0.2) is 0 Å². The van der Waals surface area contributed by atoms with E-state index in [1.807, 2.05) is 24.3 Å². The van der Waals surface area contributed by atoms with Crippen molar-refractivity contribution in [2.45, 2.75) is 26.7 Å². The monoisotopic (exact) mass is 331 g/mol. The minimum Gasteiger partial charge on any atom is -0.352 e. The van der Waals surface area contributed by atoms with E-state index >= 15 is 0 Å². The van der Waals surface area contributed by atoms with E-state index in [-0.39, 0.29) is 5.91 Å². The smallest absolute Gasteiger partial charge is 0.251 e. The second-order valence-corrected chi connectivity index (χ2v) is 5.15. The van der Waals surface area contributed by atoms with Gasteiger partial charge in [0.05, 0.1) is 0 Å². The van der Waals surface area contributed by atoms with Gasteiger partial charge in [0, 0.05) is 15.7 Å². The van der Waals surface area contributed by atoms with Gasteiger partial charge in [-0.05, 0) is 46.7 Å². The van der Waals surface area contributed by atoms with Gasteiger partial charge < -0.3 is 5.32 Å². The van der Waals surface area contributed by atoms with Crippen LogP contribution in [0.4, 0.5) is 0 Å². The molecule has 3 heteroatoms. The van der Waals surface area contributed by atoms with Crippen molar-refractivity contribution < 1.29 is 4.79 Å². The quantitative estimate of drug-likeness (QED) is 0.823. The molecule has 0 saturated heterocycles. The summed E-state index contributed by atoms with van der Waals surface area (Å²) in [6.45, 7) is 5.09. The van der Waals surface area contributed by atoms with E-state index in [0.717, 1.165) is 28.5 Å². The van der Waals surface area contributed by atoms with Crippen LogP contribution in [0.25, 0.3) is 0 Å². The van der Waals surface area contributed by atoms with Crippen molar-refractivity contribution in [3.05, 3.63) is 33.4 Å². The predicted octanol–water partition coefficient (Wildman–Crippen LogP) is 3.46. The lowest BCUT2D eigenvalue weighted by Gasteiger charge is -2.13. The Morgan fingerprint density at radius 3 is 2.62 bits per heavy atom. The molecule has 1 amide bonds. The molecule has 88 valence electrons. The van der Waals surface area contributed by atoms with Crippen LogP contribution in [0.15, 0.2) is 24.3 Å². The lowest BCUT2D eigenvalue weighted by Crippen LogP contribution is -2.28. The maximum Gasteiger partial charge on any atom is 0.251 e. The average Bonchev–Trinajstić information content (AvgIpc) is 2.30. The number of carbonyl (C=O) groups is 1. The molecule has 1 aromatic rings. The number of nitrogens with one attached hydrogen (secondary N) is 1. The molecular weight excluding hydrogens is 313 g/mol. The summed E-state index contributed by atoms with van der Waals surface area (Å²) < 4.78 is 1.09. The van der Waals surface area contributed by atoms with Crippen molar-refractivity contribution in [2.75, 3.05) is 6.54 Å². The van der Waals surface area contributed by atoms with Crippen LogP contribution in [0.5, 0.6) is 0 Å². The molecule has 0 heterocycles. The second kappa shape index (κ2) is 6.89. The van der Waals surface area contributed by atoms with E-state index in [4.69, 9.17) is 0 Å². The number of carbonyl (C=O) groups excluding carboxylic acids is 1.